The maximum absolute atomic E-state index is 12.3. The third-order valence-corrected chi connectivity index (χ3v) is 4.60. The molecule has 2 aliphatic rings. The molecule has 0 aromatic carbocycles. The van der Waals surface area contributed by atoms with E-state index in [1.165, 1.54) is 0 Å². The predicted octanol–water partition coefficient (Wildman–Crippen LogP) is 0.417. The third kappa shape index (κ3) is 5.02. The summed E-state index contributed by atoms with van der Waals surface area (Å²) in [5, 5.41) is 3.04. The Balaban J connectivity index is 1.37. The van der Waals surface area contributed by atoms with Crippen molar-refractivity contribution in [3.8, 4) is 0 Å². The zero-order chi connectivity index (χ0) is 17.6. The number of nitrogens with zero attached hydrogens (tertiary/aromatic N) is 5. The highest BCUT2D eigenvalue weighted by atomic mass is 16.5. The van der Waals surface area contributed by atoms with Gasteiger partial charge in [-0.2, -0.15) is 0 Å². The van der Waals surface area contributed by atoms with Crippen LogP contribution in [0.3, 0.4) is 0 Å². The second-order valence-electron chi connectivity index (χ2n) is 6.77. The molecule has 0 radical (unpaired) electrons. The number of piperazine rings is 1. The molecule has 1 N–H and O–H groups in total. The molecule has 0 aliphatic carbocycles. The molecule has 25 heavy (non-hydrogen) atoms. The van der Waals surface area contributed by atoms with Crippen LogP contribution in [-0.2, 0) is 4.74 Å². The van der Waals surface area contributed by atoms with Gasteiger partial charge in [-0.15, -0.1) is 0 Å². The Morgan fingerprint density at radius 3 is 2.44 bits per heavy atom. The van der Waals surface area contributed by atoms with E-state index < -0.39 is 0 Å². The molecule has 0 unspecified atom stereocenters. The molecule has 1 aromatic rings. The summed E-state index contributed by atoms with van der Waals surface area (Å²) in [6, 6.07) is 1.83. The van der Waals surface area contributed by atoms with Gasteiger partial charge in [0.2, 0.25) is 5.95 Å². The Hall–Kier alpha value is -1.93. The van der Waals surface area contributed by atoms with E-state index in [4.69, 9.17) is 4.74 Å². The lowest BCUT2D eigenvalue weighted by molar-refractivity contribution is -0.0672. The first-order chi connectivity index (χ1) is 12.1. The van der Waals surface area contributed by atoms with Crippen molar-refractivity contribution in [2.45, 2.75) is 26.1 Å². The van der Waals surface area contributed by atoms with Gasteiger partial charge < -0.3 is 19.9 Å². The number of carbonyl (C=O) groups is 1. The summed E-state index contributed by atoms with van der Waals surface area (Å²) in [7, 11) is 0. The molecule has 2 aliphatic heterocycles. The Kier molecular flexibility index (Phi) is 6.04. The van der Waals surface area contributed by atoms with Crippen molar-refractivity contribution in [3.63, 3.8) is 0 Å². The molecule has 138 valence electrons. The van der Waals surface area contributed by atoms with E-state index in [2.05, 4.69) is 38.9 Å². The van der Waals surface area contributed by atoms with Crippen LogP contribution in [0, 0.1) is 0 Å². The van der Waals surface area contributed by atoms with Crippen LogP contribution in [-0.4, -0.2) is 90.4 Å². The number of hydrogen-bond donors (Lipinski definition) is 1. The van der Waals surface area contributed by atoms with Crippen LogP contribution in [0.25, 0.3) is 0 Å². The summed E-state index contributed by atoms with van der Waals surface area (Å²) in [5.41, 5.74) is 0. The smallest absolute Gasteiger partial charge is 0.317 e. The number of carbonyl (C=O) groups excluding carboxylic acids is 1. The molecule has 2 fully saturated rings. The number of anilines is 1. The van der Waals surface area contributed by atoms with E-state index in [0.29, 0.717) is 19.6 Å². The fraction of sp³-hybridized carbons (Fsp3) is 0.706. The molecule has 0 saturated carbocycles. The highest BCUT2D eigenvalue weighted by Gasteiger charge is 2.24. The van der Waals surface area contributed by atoms with Crippen molar-refractivity contribution in [1.29, 1.82) is 0 Å². The van der Waals surface area contributed by atoms with Crippen molar-refractivity contribution in [2.75, 3.05) is 57.3 Å². The average molecular weight is 348 g/mol. The Morgan fingerprint density at radius 2 is 1.80 bits per heavy atom. The highest BCUT2D eigenvalue weighted by molar-refractivity contribution is 5.74. The lowest BCUT2D eigenvalue weighted by Crippen LogP contribution is -2.53. The first-order valence-electron chi connectivity index (χ1n) is 9.04. The van der Waals surface area contributed by atoms with Crippen LogP contribution in [0.15, 0.2) is 18.5 Å². The Bertz CT molecular complexity index is 539. The highest BCUT2D eigenvalue weighted by Crippen LogP contribution is 2.11. The van der Waals surface area contributed by atoms with Crippen molar-refractivity contribution >= 4 is 12.0 Å². The van der Waals surface area contributed by atoms with Gasteiger partial charge in [-0.05, 0) is 19.9 Å². The lowest BCUT2D eigenvalue weighted by atomic mass is 10.2. The van der Waals surface area contributed by atoms with Gasteiger partial charge in [-0.3, -0.25) is 4.90 Å². The second-order valence-corrected chi connectivity index (χ2v) is 6.77. The minimum absolute atomic E-state index is 0.0167. The van der Waals surface area contributed by atoms with Crippen LogP contribution in [0.1, 0.15) is 13.8 Å². The molecular weight excluding hydrogens is 320 g/mol. The number of rotatable bonds is 4. The van der Waals surface area contributed by atoms with Gasteiger partial charge >= 0.3 is 6.03 Å². The molecule has 2 amide bonds. The molecule has 8 heteroatoms. The van der Waals surface area contributed by atoms with Gasteiger partial charge in [0.15, 0.2) is 0 Å². The first kappa shape index (κ1) is 17.9. The van der Waals surface area contributed by atoms with Crippen LogP contribution in [0.5, 0.6) is 0 Å². The van der Waals surface area contributed by atoms with Crippen molar-refractivity contribution in [3.05, 3.63) is 18.5 Å². The van der Waals surface area contributed by atoms with Gasteiger partial charge in [0.1, 0.15) is 0 Å². The SMILES string of the molecule is C[C@@H]1CN(CCNC(=O)N2CCN(c3ncccn3)CC2)C[C@@H](C)O1. The van der Waals surface area contributed by atoms with Crippen molar-refractivity contribution in [1.82, 2.24) is 25.1 Å². The first-order valence-corrected chi connectivity index (χ1v) is 9.04. The summed E-state index contributed by atoms with van der Waals surface area (Å²) >= 11 is 0. The second kappa shape index (κ2) is 8.44. The van der Waals surface area contributed by atoms with E-state index in [0.717, 1.165) is 38.7 Å². The summed E-state index contributed by atoms with van der Waals surface area (Å²) < 4.78 is 5.73. The van der Waals surface area contributed by atoms with Crippen LogP contribution in [0.4, 0.5) is 10.7 Å². The van der Waals surface area contributed by atoms with Gasteiger partial charge in [0.05, 0.1) is 12.2 Å². The maximum Gasteiger partial charge on any atom is 0.317 e. The van der Waals surface area contributed by atoms with Crippen LogP contribution in [0.2, 0.25) is 0 Å². The number of hydrogen-bond acceptors (Lipinski definition) is 6. The fourth-order valence-electron chi connectivity index (χ4n) is 3.46. The predicted molar refractivity (Wildman–Crippen MR) is 95.7 cm³/mol. The normalized spacial score (nSPS) is 25.0. The summed E-state index contributed by atoms with van der Waals surface area (Å²) in [5.74, 6) is 0.734. The van der Waals surface area contributed by atoms with E-state index in [9.17, 15) is 4.79 Å². The van der Waals surface area contributed by atoms with Gasteiger partial charge in [-0.1, -0.05) is 0 Å². The lowest BCUT2D eigenvalue weighted by Gasteiger charge is -2.36. The Labute approximate surface area is 149 Å². The van der Waals surface area contributed by atoms with Crippen LogP contribution < -0.4 is 10.2 Å². The molecule has 2 saturated heterocycles. The molecule has 8 nitrogen and oxygen atoms in total. The minimum Gasteiger partial charge on any atom is -0.373 e. The van der Waals surface area contributed by atoms with Gasteiger partial charge in [0.25, 0.3) is 0 Å². The standard InChI is InChI=1S/C17H28N6O2/c1-14-12-21(13-15(2)25-14)7-6-20-17(24)23-10-8-22(9-11-23)16-18-4-3-5-19-16/h3-5,14-15H,6-13H2,1-2H3,(H,20,24)/t14-,15-/m1/s1. The molecule has 2 atom stereocenters. The molecule has 0 bridgehead atoms. The maximum atomic E-state index is 12.3. The molecule has 3 heterocycles. The minimum atomic E-state index is 0.0167. The number of amides is 2. The van der Waals surface area contributed by atoms with Gasteiger partial charge in [-0.25, -0.2) is 14.8 Å². The molecule has 0 spiro atoms. The van der Waals surface area contributed by atoms with Gasteiger partial charge in [0, 0.05) is 64.8 Å². The van der Waals surface area contributed by atoms with E-state index in [1.807, 2.05) is 11.0 Å². The summed E-state index contributed by atoms with van der Waals surface area (Å²) in [4.78, 5) is 27.2. The number of morpholine rings is 1. The summed E-state index contributed by atoms with van der Waals surface area (Å²) in [6.45, 7) is 10.5. The van der Waals surface area contributed by atoms with Crippen molar-refractivity contribution in [2.24, 2.45) is 0 Å². The topological polar surface area (TPSA) is 73.8 Å². The number of ether oxygens (including phenoxy) is 1. The summed E-state index contributed by atoms with van der Waals surface area (Å²) in [6.07, 6.45) is 4.00. The van der Waals surface area contributed by atoms with E-state index in [-0.39, 0.29) is 18.2 Å². The zero-order valence-corrected chi connectivity index (χ0v) is 15.1. The Morgan fingerprint density at radius 1 is 1.16 bits per heavy atom. The quantitative estimate of drug-likeness (QED) is 0.850. The zero-order valence-electron chi connectivity index (χ0n) is 15.1. The largest absolute Gasteiger partial charge is 0.373 e. The number of urea groups is 1. The molecule has 3 rings (SSSR count). The number of aromatic nitrogens is 2. The molecular formula is C17H28N6O2. The monoisotopic (exact) mass is 348 g/mol. The average Bonchev–Trinajstić information content (AvgIpc) is 2.62. The van der Waals surface area contributed by atoms with Crippen molar-refractivity contribution < 1.29 is 9.53 Å². The molecule has 1 aromatic heterocycles. The third-order valence-electron chi connectivity index (χ3n) is 4.60. The van der Waals surface area contributed by atoms with E-state index >= 15 is 0 Å². The fourth-order valence-corrected chi connectivity index (χ4v) is 3.46. The van der Waals surface area contributed by atoms with E-state index in [1.54, 1.807) is 12.4 Å². The van der Waals surface area contributed by atoms with Crippen LogP contribution >= 0.6 is 0 Å². The number of nitrogens with one attached hydrogen (secondary N) is 1.